The first kappa shape index (κ1) is 22.6. The molecule has 0 bridgehead atoms. The molecule has 1 aromatic heterocycles. The number of benzene rings is 1. The van der Waals surface area contributed by atoms with E-state index < -0.39 is 28.0 Å². The minimum atomic E-state index is -3.87. The van der Waals surface area contributed by atoms with Gasteiger partial charge in [-0.15, -0.1) is 0 Å². The summed E-state index contributed by atoms with van der Waals surface area (Å²) in [6, 6.07) is 7.45. The van der Waals surface area contributed by atoms with Crippen LogP contribution in [0.2, 0.25) is 0 Å². The summed E-state index contributed by atoms with van der Waals surface area (Å²) in [6.07, 6.45) is 0.445. The van der Waals surface area contributed by atoms with Crippen LogP contribution >= 0.6 is 0 Å². The van der Waals surface area contributed by atoms with Gasteiger partial charge in [0.15, 0.2) is 6.10 Å². The molecule has 0 aliphatic heterocycles. The Balaban J connectivity index is 2.10. The number of esters is 1. The van der Waals surface area contributed by atoms with Crippen molar-refractivity contribution in [2.24, 2.45) is 5.92 Å². The van der Waals surface area contributed by atoms with E-state index in [9.17, 15) is 18.0 Å². The van der Waals surface area contributed by atoms with Crippen molar-refractivity contribution in [2.45, 2.75) is 45.2 Å². The number of rotatable bonds is 9. The molecular weight excluding hydrogens is 396 g/mol. The Hall–Kier alpha value is -2.65. The third-order valence-electron chi connectivity index (χ3n) is 4.09. The summed E-state index contributed by atoms with van der Waals surface area (Å²) in [7, 11) is -3.87. The standard InChI is InChI=1S/C20H26N2O6S/c1-13(2)11-21-19(23)15(4)28-20(24)18-10-17(8-7-14(18)3)29(25,26)22-12-16-6-5-9-27-16/h5-10,13,15,22H,11-12H2,1-4H3,(H,21,23). The van der Waals surface area contributed by atoms with Gasteiger partial charge in [-0.3, -0.25) is 4.79 Å². The predicted molar refractivity (Wildman–Crippen MR) is 107 cm³/mol. The maximum absolute atomic E-state index is 12.5. The molecule has 158 valence electrons. The highest BCUT2D eigenvalue weighted by molar-refractivity contribution is 7.89. The van der Waals surface area contributed by atoms with Crippen LogP contribution < -0.4 is 10.0 Å². The number of carbonyl (C=O) groups is 2. The SMILES string of the molecule is Cc1ccc(S(=O)(=O)NCc2ccco2)cc1C(=O)OC(C)C(=O)NCC(C)C. The maximum Gasteiger partial charge on any atom is 0.339 e. The lowest BCUT2D eigenvalue weighted by atomic mass is 10.1. The predicted octanol–water partition coefficient (Wildman–Crippen LogP) is 2.38. The van der Waals surface area contributed by atoms with Gasteiger partial charge >= 0.3 is 5.97 Å². The van der Waals surface area contributed by atoms with Gasteiger partial charge in [0.2, 0.25) is 10.0 Å². The molecule has 0 fully saturated rings. The monoisotopic (exact) mass is 422 g/mol. The molecule has 0 saturated heterocycles. The van der Waals surface area contributed by atoms with E-state index in [0.29, 0.717) is 17.9 Å². The fraction of sp³-hybridized carbons (Fsp3) is 0.400. The summed E-state index contributed by atoms with van der Waals surface area (Å²) < 4.78 is 37.8. The highest BCUT2D eigenvalue weighted by Gasteiger charge is 2.23. The Morgan fingerprint density at radius 2 is 1.90 bits per heavy atom. The van der Waals surface area contributed by atoms with Crippen LogP contribution in [-0.2, 0) is 26.1 Å². The summed E-state index contributed by atoms with van der Waals surface area (Å²) in [6.45, 7) is 7.48. The first-order chi connectivity index (χ1) is 13.6. The number of nitrogens with one attached hydrogen (secondary N) is 2. The van der Waals surface area contributed by atoms with E-state index in [4.69, 9.17) is 9.15 Å². The number of hydrogen-bond donors (Lipinski definition) is 2. The maximum atomic E-state index is 12.5. The molecule has 0 aliphatic rings. The van der Waals surface area contributed by atoms with Crippen LogP contribution in [0.1, 0.15) is 42.5 Å². The van der Waals surface area contributed by atoms with Crippen molar-refractivity contribution in [1.29, 1.82) is 0 Å². The van der Waals surface area contributed by atoms with Gasteiger partial charge in [0, 0.05) is 6.54 Å². The number of aryl methyl sites for hydroxylation is 1. The van der Waals surface area contributed by atoms with Crippen LogP contribution in [0, 0.1) is 12.8 Å². The normalized spacial score (nSPS) is 12.6. The summed E-state index contributed by atoms with van der Waals surface area (Å²) in [4.78, 5) is 24.4. The average Bonchev–Trinajstić information content (AvgIpc) is 3.18. The van der Waals surface area contributed by atoms with E-state index in [-0.39, 0.29) is 22.9 Å². The molecule has 1 amide bonds. The van der Waals surface area contributed by atoms with E-state index in [1.165, 1.54) is 31.4 Å². The number of furan rings is 1. The molecule has 0 saturated carbocycles. The van der Waals surface area contributed by atoms with Gasteiger partial charge in [0.1, 0.15) is 5.76 Å². The molecule has 0 spiro atoms. The number of ether oxygens (including phenoxy) is 1. The van der Waals surface area contributed by atoms with Gasteiger partial charge in [-0.05, 0) is 49.6 Å². The van der Waals surface area contributed by atoms with Gasteiger partial charge in [-0.25, -0.2) is 17.9 Å². The molecule has 0 aliphatic carbocycles. The third kappa shape index (κ3) is 6.43. The second kappa shape index (κ2) is 9.71. The summed E-state index contributed by atoms with van der Waals surface area (Å²) in [5, 5.41) is 2.69. The number of hydrogen-bond acceptors (Lipinski definition) is 6. The Labute approximate surface area is 170 Å². The van der Waals surface area contributed by atoms with E-state index in [0.717, 1.165) is 0 Å². The van der Waals surface area contributed by atoms with E-state index >= 15 is 0 Å². The fourth-order valence-electron chi connectivity index (χ4n) is 2.38. The van der Waals surface area contributed by atoms with Crippen LogP contribution in [0.5, 0.6) is 0 Å². The zero-order valence-corrected chi connectivity index (χ0v) is 17.7. The molecule has 1 aromatic carbocycles. The van der Waals surface area contributed by atoms with Crippen LogP contribution in [-0.4, -0.2) is 32.9 Å². The quantitative estimate of drug-likeness (QED) is 0.600. The molecule has 1 atom stereocenters. The summed E-state index contributed by atoms with van der Waals surface area (Å²) in [5.41, 5.74) is 0.615. The Bertz CT molecular complexity index is 951. The van der Waals surface area contributed by atoms with Crippen LogP contribution in [0.3, 0.4) is 0 Å². The molecule has 8 nitrogen and oxygen atoms in total. The number of sulfonamides is 1. The van der Waals surface area contributed by atoms with Crippen LogP contribution in [0.25, 0.3) is 0 Å². The molecule has 1 heterocycles. The Kier molecular flexibility index (Phi) is 7.58. The van der Waals surface area contributed by atoms with Crippen molar-refractivity contribution >= 4 is 21.9 Å². The Morgan fingerprint density at radius 3 is 2.52 bits per heavy atom. The first-order valence-electron chi connectivity index (χ1n) is 9.21. The van der Waals surface area contributed by atoms with E-state index in [1.807, 2.05) is 13.8 Å². The molecule has 1 unspecified atom stereocenters. The van der Waals surface area contributed by atoms with Crippen molar-refractivity contribution in [3.8, 4) is 0 Å². The second-order valence-corrected chi connectivity index (χ2v) is 8.83. The second-order valence-electron chi connectivity index (χ2n) is 7.07. The van der Waals surface area contributed by atoms with Gasteiger partial charge < -0.3 is 14.5 Å². The molecule has 2 rings (SSSR count). The largest absolute Gasteiger partial charge is 0.468 e. The van der Waals surface area contributed by atoms with Crippen molar-refractivity contribution in [3.05, 3.63) is 53.5 Å². The summed E-state index contributed by atoms with van der Waals surface area (Å²) >= 11 is 0. The van der Waals surface area contributed by atoms with Crippen molar-refractivity contribution in [1.82, 2.24) is 10.0 Å². The molecular formula is C20H26N2O6S. The number of amides is 1. The highest BCUT2D eigenvalue weighted by atomic mass is 32.2. The zero-order chi connectivity index (χ0) is 21.6. The van der Waals surface area contributed by atoms with Crippen LogP contribution in [0.4, 0.5) is 0 Å². The average molecular weight is 423 g/mol. The van der Waals surface area contributed by atoms with Crippen LogP contribution in [0.15, 0.2) is 45.9 Å². The topological polar surface area (TPSA) is 115 Å². The lowest BCUT2D eigenvalue weighted by molar-refractivity contribution is -0.129. The van der Waals surface area contributed by atoms with Crippen molar-refractivity contribution in [2.75, 3.05) is 6.54 Å². The minimum absolute atomic E-state index is 0.0178. The number of carbonyl (C=O) groups excluding carboxylic acids is 2. The molecule has 9 heteroatoms. The Morgan fingerprint density at radius 1 is 1.17 bits per heavy atom. The van der Waals surface area contributed by atoms with Gasteiger partial charge in [0.25, 0.3) is 5.91 Å². The summed E-state index contributed by atoms with van der Waals surface area (Å²) in [5.74, 6) is -0.451. The third-order valence-corrected chi connectivity index (χ3v) is 5.49. The van der Waals surface area contributed by atoms with Crippen molar-refractivity contribution in [3.63, 3.8) is 0 Å². The van der Waals surface area contributed by atoms with Gasteiger partial charge in [-0.1, -0.05) is 19.9 Å². The lowest BCUT2D eigenvalue weighted by Gasteiger charge is -2.16. The first-order valence-corrected chi connectivity index (χ1v) is 10.7. The highest BCUT2D eigenvalue weighted by Crippen LogP contribution is 2.18. The lowest BCUT2D eigenvalue weighted by Crippen LogP contribution is -2.37. The molecule has 29 heavy (non-hydrogen) atoms. The molecule has 0 radical (unpaired) electrons. The minimum Gasteiger partial charge on any atom is -0.468 e. The smallest absolute Gasteiger partial charge is 0.339 e. The fourth-order valence-corrected chi connectivity index (χ4v) is 3.40. The van der Waals surface area contributed by atoms with Gasteiger partial charge in [0.05, 0.1) is 23.3 Å². The van der Waals surface area contributed by atoms with Gasteiger partial charge in [-0.2, -0.15) is 0 Å². The zero-order valence-electron chi connectivity index (χ0n) is 16.9. The molecule has 2 aromatic rings. The van der Waals surface area contributed by atoms with E-state index in [2.05, 4.69) is 10.0 Å². The van der Waals surface area contributed by atoms with Crippen molar-refractivity contribution < 1.29 is 27.2 Å². The molecule has 2 N–H and O–H groups in total. The van der Waals surface area contributed by atoms with E-state index in [1.54, 1.807) is 19.1 Å².